The molecule has 1 aromatic rings. The van der Waals surface area contributed by atoms with Crippen molar-refractivity contribution in [2.45, 2.75) is 58.0 Å². The fourth-order valence-electron chi connectivity index (χ4n) is 4.75. The lowest BCUT2D eigenvalue weighted by atomic mass is 9.92. The zero-order valence-corrected chi connectivity index (χ0v) is 18.0. The Labute approximate surface area is 172 Å². The van der Waals surface area contributed by atoms with E-state index in [1.165, 1.54) is 10.4 Å². The monoisotopic (exact) mass is 403 g/mol. The topological polar surface area (TPSA) is 43.9 Å². The lowest BCUT2D eigenvalue weighted by molar-refractivity contribution is -0.137. The predicted octanol–water partition coefficient (Wildman–Crippen LogP) is 3.13. The first-order chi connectivity index (χ1) is 13.5. The smallest absolute Gasteiger partial charge is 0.227 e. The van der Waals surface area contributed by atoms with Crippen LogP contribution in [0.4, 0.5) is 0 Å². The molecule has 4 rings (SSSR count). The molecular formula is C22H33N3O2S. The van der Waals surface area contributed by atoms with Gasteiger partial charge in [0.05, 0.1) is 12.5 Å². The molecule has 2 amide bonds. The van der Waals surface area contributed by atoms with Gasteiger partial charge in [-0.1, -0.05) is 0 Å². The molecule has 0 aromatic carbocycles. The Morgan fingerprint density at radius 2 is 1.86 bits per heavy atom. The summed E-state index contributed by atoms with van der Waals surface area (Å²) in [6, 6.07) is 2.66. The van der Waals surface area contributed by atoms with Gasteiger partial charge in [-0.15, -0.1) is 11.3 Å². The van der Waals surface area contributed by atoms with Gasteiger partial charge in [-0.3, -0.25) is 14.5 Å². The van der Waals surface area contributed by atoms with Crippen molar-refractivity contribution in [2.24, 2.45) is 11.8 Å². The number of nitrogens with zero attached hydrogens (tertiary/aromatic N) is 3. The van der Waals surface area contributed by atoms with Gasteiger partial charge in [0.15, 0.2) is 0 Å². The van der Waals surface area contributed by atoms with Crippen LogP contribution in [0.15, 0.2) is 11.4 Å². The Morgan fingerprint density at radius 3 is 2.50 bits per heavy atom. The van der Waals surface area contributed by atoms with Crippen molar-refractivity contribution in [3.05, 3.63) is 21.9 Å². The van der Waals surface area contributed by atoms with E-state index < -0.39 is 0 Å². The quantitative estimate of drug-likeness (QED) is 0.759. The highest BCUT2D eigenvalue weighted by atomic mass is 32.1. The van der Waals surface area contributed by atoms with E-state index in [4.69, 9.17) is 0 Å². The second-order valence-corrected chi connectivity index (χ2v) is 9.89. The van der Waals surface area contributed by atoms with E-state index in [1.54, 1.807) is 11.3 Å². The minimum absolute atomic E-state index is 0.116. The number of carbonyl (C=O) groups is 2. The predicted molar refractivity (Wildman–Crippen MR) is 112 cm³/mol. The average Bonchev–Trinajstić information content (AvgIpc) is 3.50. The average molecular weight is 404 g/mol. The third-order valence-corrected chi connectivity index (χ3v) is 7.75. The van der Waals surface area contributed by atoms with Gasteiger partial charge >= 0.3 is 0 Å². The minimum Gasteiger partial charge on any atom is -0.342 e. The van der Waals surface area contributed by atoms with Gasteiger partial charge in [-0.25, -0.2) is 0 Å². The molecular weight excluding hydrogens is 370 g/mol. The number of carbonyl (C=O) groups excluding carboxylic acids is 2. The lowest BCUT2D eigenvalue weighted by Crippen LogP contribution is -2.51. The summed E-state index contributed by atoms with van der Waals surface area (Å²) in [7, 11) is 1.95. The van der Waals surface area contributed by atoms with Gasteiger partial charge in [-0.05, 0) is 69.0 Å². The molecule has 3 aliphatic rings. The molecule has 2 saturated heterocycles. The Bertz CT molecular complexity index is 706. The molecule has 6 heteroatoms. The van der Waals surface area contributed by atoms with Crippen LogP contribution in [0.25, 0.3) is 0 Å². The largest absolute Gasteiger partial charge is 0.342 e. The van der Waals surface area contributed by atoms with E-state index in [-0.39, 0.29) is 5.92 Å². The van der Waals surface area contributed by atoms with Gasteiger partial charge in [0.25, 0.3) is 0 Å². The SMILES string of the molecule is Cc1ccsc1CN(C)C(=O)[C@H]1CCCN(C2CCN(C(=O)C3CC3)CC2)C1. The molecule has 0 spiro atoms. The van der Waals surface area contributed by atoms with Crippen LogP contribution in [0.1, 0.15) is 49.0 Å². The number of piperidine rings is 2. The fraction of sp³-hybridized carbons (Fsp3) is 0.727. The summed E-state index contributed by atoms with van der Waals surface area (Å²) in [6.45, 7) is 6.61. The number of amides is 2. The van der Waals surface area contributed by atoms with Crippen LogP contribution < -0.4 is 0 Å². The first-order valence-corrected chi connectivity index (χ1v) is 11.7. The molecule has 28 heavy (non-hydrogen) atoms. The summed E-state index contributed by atoms with van der Waals surface area (Å²) in [5.74, 6) is 1.12. The van der Waals surface area contributed by atoms with E-state index in [0.717, 1.165) is 71.2 Å². The van der Waals surface area contributed by atoms with Crippen molar-refractivity contribution < 1.29 is 9.59 Å². The van der Waals surface area contributed by atoms with E-state index in [2.05, 4.69) is 28.2 Å². The summed E-state index contributed by atoms with van der Waals surface area (Å²) < 4.78 is 0. The highest BCUT2D eigenvalue weighted by Crippen LogP contribution is 2.33. The van der Waals surface area contributed by atoms with E-state index in [9.17, 15) is 9.59 Å². The van der Waals surface area contributed by atoms with Crippen LogP contribution in [0, 0.1) is 18.8 Å². The Balaban J connectivity index is 1.28. The van der Waals surface area contributed by atoms with Crippen LogP contribution >= 0.6 is 11.3 Å². The minimum atomic E-state index is 0.116. The molecule has 0 bridgehead atoms. The fourth-order valence-corrected chi connectivity index (χ4v) is 5.71. The molecule has 0 radical (unpaired) electrons. The molecule has 5 nitrogen and oxygen atoms in total. The zero-order valence-electron chi connectivity index (χ0n) is 17.2. The van der Waals surface area contributed by atoms with Crippen LogP contribution in [-0.4, -0.2) is 65.8 Å². The molecule has 0 unspecified atom stereocenters. The highest BCUT2D eigenvalue weighted by molar-refractivity contribution is 7.10. The first-order valence-electron chi connectivity index (χ1n) is 10.8. The summed E-state index contributed by atoms with van der Waals surface area (Å²) in [5, 5.41) is 2.10. The van der Waals surface area contributed by atoms with E-state index in [1.807, 2.05) is 11.9 Å². The second-order valence-electron chi connectivity index (χ2n) is 8.89. The molecule has 1 aliphatic carbocycles. The number of hydrogen-bond donors (Lipinski definition) is 0. The maximum atomic E-state index is 13.0. The number of aryl methyl sites for hydroxylation is 1. The highest BCUT2D eigenvalue weighted by Gasteiger charge is 2.37. The number of thiophene rings is 1. The lowest BCUT2D eigenvalue weighted by Gasteiger charge is -2.42. The van der Waals surface area contributed by atoms with Crippen molar-refractivity contribution in [1.82, 2.24) is 14.7 Å². The summed E-state index contributed by atoms with van der Waals surface area (Å²) in [4.78, 5) is 33.1. The summed E-state index contributed by atoms with van der Waals surface area (Å²) in [6.07, 6.45) is 6.40. The third-order valence-electron chi connectivity index (χ3n) is 6.75. The van der Waals surface area contributed by atoms with Crippen LogP contribution in [0.5, 0.6) is 0 Å². The van der Waals surface area contributed by atoms with Crippen molar-refractivity contribution in [1.29, 1.82) is 0 Å². The normalized spacial score (nSPS) is 24.4. The maximum Gasteiger partial charge on any atom is 0.227 e. The summed E-state index contributed by atoms with van der Waals surface area (Å²) >= 11 is 1.74. The van der Waals surface area contributed by atoms with Gasteiger partial charge in [-0.2, -0.15) is 0 Å². The van der Waals surface area contributed by atoms with Gasteiger partial charge in [0, 0.05) is 43.5 Å². The number of hydrogen-bond acceptors (Lipinski definition) is 4. The third kappa shape index (κ3) is 4.43. The molecule has 1 saturated carbocycles. The molecule has 154 valence electrons. The molecule has 1 aromatic heterocycles. The molecule has 3 fully saturated rings. The van der Waals surface area contributed by atoms with Gasteiger partial charge < -0.3 is 9.80 Å². The van der Waals surface area contributed by atoms with Crippen molar-refractivity contribution in [3.8, 4) is 0 Å². The number of rotatable bonds is 5. The first kappa shape index (κ1) is 19.9. The number of likely N-dealkylation sites (tertiary alicyclic amines) is 2. The zero-order chi connectivity index (χ0) is 19.7. The second kappa shape index (κ2) is 8.54. The molecule has 2 aliphatic heterocycles. The Kier molecular flexibility index (Phi) is 6.07. The standard InChI is InChI=1S/C22H33N3O2S/c1-16-9-13-28-20(16)15-23(2)21(26)18-4-3-10-25(14-18)19-7-11-24(12-8-19)22(27)17-5-6-17/h9,13,17-19H,3-8,10-12,14-15H2,1-2H3/t18-/m0/s1. The van der Waals surface area contributed by atoms with Crippen molar-refractivity contribution in [3.63, 3.8) is 0 Å². The Hall–Kier alpha value is -1.40. The summed E-state index contributed by atoms with van der Waals surface area (Å²) in [5.41, 5.74) is 1.28. The molecule has 1 atom stereocenters. The van der Waals surface area contributed by atoms with Crippen molar-refractivity contribution in [2.75, 3.05) is 33.2 Å². The van der Waals surface area contributed by atoms with Crippen LogP contribution in [0.2, 0.25) is 0 Å². The molecule has 0 N–H and O–H groups in total. The van der Waals surface area contributed by atoms with Crippen LogP contribution in [-0.2, 0) is 16.1 Å². The van der Waals surface area contributed by atoms with E-state index >= 15 is 0 Å². The van der Waals surface area contributed by atoms with Gasteiger partial charge in [0.2, 0.25) is 11.8 Å². The van der Waals surface area contributed by atoms with Crippen LogP contribution in [0.3, 0.4) is 0 Å². The van der Waals surface area contributed by atoms with Gasteiger partial charge in [0.1, 0.15) is 0 Å². The Morgan fingerprint density at radius 1 is 1.11 bits per heavy atom. The molecule has 3 heterocycles. The maximum absolute atomic E-state index is 13.0. The van der Waals surface area contributed by atoms with Crippen molar-refractivity contribution >= 4 is 23.2 Å². The van der Waals surface area contributed by atoms with E-state index in [0.29, 0.717) is 23.8 Å².